The highest BCUT2D eigenvalue weighted by Gasteiger charge is 2.09. The Morgan fingerprint density at radius 2 is 2.26 bits per heavy atom. The van der Waals surface area contributed by atoms with Crippen LogP contribution in [0.2, 0.25) is 5.02 Å². The maximum absolute atomic E-state index is 11.6. The lowest BCUT2D eigenvalue weighted by Gasteiger charge is -2.14. The fourth-order valence-corrected chi connectivity index (χ4v) is 1.97. The fourth-order valence-electron chi connectivity index (χ4n) is 1.78. The summed E-state index contributed by atoms with van der Waals surface area (Å²) in [4.78, 5) is 11.6. The highest BCUT2D eigenvalue weighted by molar-refractivity contribution is 6.30. The van der Waals surface area contributed by atoms with Crippen LogP contribution in [0.25, 0.3) is 0 Å². The molecule has 0 radical (unpaired) electrons. The monoisotopic (exact) mass is 285 g/mol. The smallest absolute Gasteiger partial charge is 0.258 e. The summed E-state index contributed by atoms with van der Waals surface area (Å²) in [6.45, 7) is 3.79. The molecular weight excluding hydrogens is 266 g/mol. The van der Waals surface area contributed by atoms with Crippen LogP contribution in [-0.2, 0) is 11.4 Å². The molecule has 0 heterocycles. The first kappa shape index (κ1) is 15.8. The van der Waals surface area contributed by atoms with Gasteiger partial charge in [-0.05, 0) is 31.5 Å². The first-order valence-electron chi connectivity index (χ1n) is 6.38. The number of hydrogen-bond donors (Lipinski definition) is 2. The minimum absolute atomic E-state index is 0.0668. The molecule has 1 rings (SSSR count). The van der Waals surface area contributed by atoms with Crippen molar-refractivity contribution in [1.29, 1.82) is 0 Å². The Labute approximate surface area is 118 Å². The minimum Gasteiger partial charge on any atom is -0.483 e. The summed E-state index contributed by atoms with van der Waals surface area (Å²) in [5, 5.41) is 12.6. The largest absolute Gasteiger partial charge is 0.483 e. The zero-order valence-electron chi connectivity index (χ0n) is 11.3. The second-order valence-corrected chi connectivity index (χ2v) is 4.89. The zero-order chi connectivity index (χ0) is 14.3. The van der Waals surface area contributed by atoms with Gasteiger partial charge in [0.15, 0.2) is 6.61 Å². The average molecular weight is 286 g/mol. The molecule has 1 unspecified atom stereocenters. The van der Waals surface area contributed by atoms with Crippen LogP contribution in [0.15, 0.2) is 18.2 Å². The number of benzene rings is 1. The minimum atomic E-state index is -0.177. The molecular formula is C14H20ClNO3. The van der Waals surface area contributed by atoms with E-state index in [9.17, 15) is 9.90 Å². The van der Waals surface area contributed by atoms with Crippen LogP contribution >= 0.6 is 11.6 Å². The van der Waals surface area contributed by atoms with Crippen molar-refractivity contribution in [2.45, 2.75) is 39.3 Å². The topological polar surface area (TPSA) is 58.6 Å². The Morgan fingerprint density at radius 1 is 1.53 bits per heavy atom. The van der Waals surface area contributed by atoms with Gasteiger partial charge in [-0.1, -0.05) is 24.9 Å². The van der Waals surface area contributed by atoms with Gasteiger partial charge in [0.25, 0.3) is 5.91 Å². The van der Waals surface area contributed by atoms with Crippen molar-refractivity contribution in [1.82, 2.24) is 5.32 Å². The molecule has 0 aliphatic rings. The van der Waals surface area contributed by atoms with Crippen LogP contribution in [0.3, 0.4) is 0 Å². The summed E-state index contributed by atoms with van der Waals surface area (Å²) in [5.74, 6) is 0.310. The van der Waals surface area contributed by atoms with Crippen molar-refractivity contribution in [3.8, 4) is 5.75 Å². The van der Waals surface area contributed by atoms with E-state index in [2.05, 4.69) is 12.2 Å². The Morgan fingerprint density at radius 3 is 2.89 bits per heavy atom. The van der Waals surface area contributed by atoms with Crippen molar-refractivity contribution >= 4 is 17.5 Å². The standard InChI is InChI=1S/C14H20ClNO3/c1-3-4-10(2)16-14(18)9-19-13-6-5-12(15)7-11(13)8-17/h5-7,10,17H,3-4,8-9H2,1-2H3,(H,16,18). The average Bonchev–Trinajstić information content (AvgIpc) is 2.37. The third-order valence-electron chi connectivity index (χ3n) is 2.68. The summed E-state index contributed by atoms with van der Waals surface area (Å²) in [7, 11) is 0. The highest BCUT2D eigenvalue weighted by atomic mass is 35.5. The van der Waals surface area contributed by atoms with Crippen LogP contribution < -0.4 is 10.1 Å². The molecule has 0 spiro atoms. The molecule has 0 aliphatic carbocycles. The molecule has 0 aromatic heterocycles. The Hall–Kier alpha value is -1.26. The van der Waals surface area contributed by atoms with E-state index in [-0.39, 0.29) is 25.2 Å². The second kappa shape index (κ2) is 8.02. The van der Waals surface area contributed by atoms with E-state index in [1.807, 2.05) is 6.92 Å². The predicted octanol–water partition coefficient (Wildman–Crippen LogP) is 2.52. The van der Waals surface area contributed by atoms with E-state index >= 15 is 0 Å². The van der Waals surface area contributed by atoms with Gasteiger partial charge in [0.1, 0.15) is 5.75 Å². The van der Waals surface area contributed by atoms with Crippen LogP contribution in [0.1, 0.15) is 32.3 Å². The molecule has 1 aromatic carbocycles. The van der Waals surface area contributed by atoms with Gasteiger partial charge < -0.3 is 15.2 Å². The first-order valence-corrected chi connectivity index (χ1v) is 6.76. The van der Waals surface area contributed by atoms with Gasteiger partial charge in [-0.25, -0.2) is 0 Å². The number of halogens is 1. The summed E-state index contributed by atoms with van der Waals surface area (Å²) in [6.07, 6.45) is 1.96. The van der Waals surface area contributed by atoms with Crippen molar-refractivity contribution < 1.29 is 14.6 Å². The molecule has 5 heteroatoms. The molecule has 106 valence electrons. The van der Waals surface area contributed by atoms with E-state index in [4.69, 9.17) is 16.3 Å². The number of hydrogen-bond acceptors (Lipinski definition) is 3. The van der Waals surface area contributed by atoms with E-state index in [0.717, 1.165) is 12.8 Å². The summed E-state index contributed by atoms with van der Waals surface area (Å²) in [5.41, 5.74) is 0.571. The zero-order valence-corrected chi connectivity index (χ0v) is 12.0. The molecule has 0 bridgehead atoms. The number of carbonyl (C=O) groups is 1. The molecule has 0 aliphatic heterocycles. The lowest BCUT2D eigenvalue weighted by molar-refractivity contribution is -0.123. The van der Waals surface area contributed by atoms with Crippen molar-refractivity contribution in [3.05, 3.63) is 28.8 Å². The van der Waals surface area contributed by atoms with E-state index in [1.165, 1.54) is 0 Å². The van der Waals surface area contributed by atoms with Gasteiger partial charge in [-0.2, -0.15) is 0 Å². The molecule has 0 fully saturated rings. The van der Waals surface area contributed by atoms with Gasteiger partial charge in [0, 0.05) is 16.6 Å². The van der Waals surface area contributed by atoms with Gasteiger partial charge >= 0.3 is 0 Å². The number of carbonyl (C=O) groups excluding carboxylic acids is 1. The number of ether oxygens (including phenoxy) is 1. The number of aliphatic hydroxyl groups excluding tert-OH is 1. The summed E-state index contributed by atoms with van der Waals surface area (Å²) in [6, 6.07) is 5.07. The normalized spacial score (nSPS) is 12.0. The summed E-state index contributed by atoms with van der Waals surface area (Å²) >= 11 is 5.82. The van der Waals surface area contributed by atoms with Gasteiger partial charge in [0.05, 0.1) is 6.61 Å². The van der Waals surface area contributed by atoms with Crippen LogP contribution in [0, 0.1) is 0 Å². The van der Waals surface area contributed by atoms with Gasteiger partial charge in [0.2, 0.25) is 0 Å². The number of rotatable bonds is 7. The fraction of sp³-hybridized carbons (Fsp3) is 0.500. The van der Waals surface area contributed by atoms with Gasteiger partial charge in [-0.15, -0.1) is 0 Å². The first-order chi connectivity index (χ1) is 9.06. The maximum atomic E-state index is 11.6. The lowest BCUT2D eigenvalue weighted by atomic mass is 10.2. The Balaban J connectivity index is 2.50. The van der Waals surface area contributed by atoms with Crippen molar-refractivity contribution in [3.63, 3.8) is 0 Å². The van der Waals surface area contributed by atoms with Gasteiger partial charge in [-0.3, -0.25) is 4.79 Å². The second-order valence-electron chi connectivity index (χ2n) is 4.46. The SMILES string of the molecule is CCCC(C)NC(=O)COc1ccc(Cl)cc1CO. The number of nitrogens with one attached hydrogen (secondary N) is 1. The van der Waals surface area contributed by atoms with Crippen LogP contribution in [0.5, 0.6) is 5.75 Å². The molecule has 1 atom stereocenters. The molecule has 4 nitrogen and oxygen atoms in total. The molecule has 0 saturated carbocycles. The van der Waals surface area contributed by atoms with E-state index in [1.54, 1.807) is 18.2 Å². The van der Waals surface area contributed by atoms with E-state index in [0.29, 0.717) is 16.3 Å². The molecule has 1 amide bonds. The maximum Gasteiger partial charge on any atom is 0.258 e. The predicted molar refractivity (Wildman–Crippen MR) is 75.4 cm³/mol. The van der Waals surface area contributed by atoms with Crippen LogP contribution in [0.4, 0.5) is 0 Å². The summed E-state index contributed by atoms with van der Waals surface area (Å²) < 4.78 is 5.39. The number of aliphatic hydroxyl groups is 1. The molecule has 2 N–H and O–H groups in total. The quantitative estimate of drug-likeness (QED) is 0.809. The third-order valence-corrected chi connectivity index (χ3v) is 2.92. The van der Waals surface area contributed by atoms with Crippen molar-refractivity contribution in [2.24, 2.45) is 0 Å². The Bertz CT molecular complexity index is 423. The van der Waals surface area contributed by atoms with Crippen molar-refractivity contribution in [2.75, 3.05) is 6.61 Å². The Kier molecular flexibility index (Phi) is 6.67. The third kappa shape index (κ3) is 5.49. The van der Waals surface area contributed by atoms with E-state index < -0.39 is 0 Å². The number of amides is 1. The highest BCUT2D eigenvalue weighted by Crippen LogP contribution is 2.22. The molecule has 0 saturated heterocycles. The molecule has 1 aromatic rings. The molecule has 19 heavy (non-hydrogen) atoms. The lowest BCUT2D eigenvalue weighted by Crippen LogP contribution is -2.36. The van der Waals surface area contributed by atoms with Crippen LogP contribution in [-0.4, -0.2) is 23.7 Å².